The smallest absolute Gasteiger partial charge is 0.367 e. The SMILES string of the molecule is CN(CCCC(=O)NC1CCCC1)C(=O)CO[C@H]1Cc2ccccc2C12CCN(CC[C@@]1(c3ccc(Cl)c(Cl)c3)CN(C(=O)c3cc(C(F)(F)F)cc(C(F)(F)F)c3)CCO1)CC2. The van der Waals surface area contributed by atoms with Crippen LogP contribution in [0.2, 0.25) is 10.0 Å². The van der Waals surface area contributed by atoms with Gasteiger partial charge in [-0.05, 0) is 105 Å². The highest BCUT2D eigenvalue weighted by Gasteiger charge is 2.50. The largest absolute Gasteiger partial charge is 0.416 e. The summed E-state index contributed by atoms with van der Waals surface area (Å²) in [6, 6.07) is 14.3. The normalized spacial score (nSPS) is 21.7. The minimum Gasteiger partial charge on any atom is -0.367 e. The second kappa shape index (κ2) is 19.3. The molecule has 3 amide bonds. The summed E-state index contributed by atoms with van der Waals surface area (Å²) in [5, 5.41) is 3.57. The van der Waals surface area contributed by atoms with Gasteiger partial charge in [0.1, 0.15) is 12.2 Å². The van der Waals surface area contributed by atoms with E-state index in [9.17, 15) is 40.7 Å². The molecule has 0 aromatic heterocycles. The fourth-order valence-electron chi connectivity index (χ4n) is 9.80. The molecule has 63 heavy (non-hydrogen) atoms. The monoisotopic (exact) mass is 924 g/mol. The summed E-state index contributed by atoms with van der Waals surface area (Å²) in [6.07, 6.45) is -2.86. The van der Waals surface area contributed by atoms with Crippen molar-refractivity contribution >= 4 is 40.9 Å². The van der Waals surface area contributed by atoms with Gasteiger partial charge in [0.05, 0.1) is 40.4 Å². The Balaban J connectivity index is 1.02. The van der Waals surface area contributed by atoms with Crippen LogP contribution in [0.25, 0.3) is 0 Å². The second-order valence-electron chi connectivity index (χ2n) is 17.4. The minimum absolute atomic E-state index is 0.000910. The van der Waals surface area contributed by atoms with Crippen LogP contribution in [0.1, 0.15) is 96.0 Å². The lowest BCUT2D eigenvalue weighted by molar-refractivity contribution is -0.143. The Morgan fingerprint density at radius 3 is 2.25 bits per heavy atom. The van der Waals surface area contributed by atoms with Crippen LogP contribution in [0.3, 0.4) is 0 Å². The van der Waals surface area contributed by atoms with Crippen LogP contribution in [0, 0.1) is 0 Å². The van der Waals surface area contributed by atoms with Crippen molar-refractivity contribution in [1.82, 2.24) is 20.0 Å². The predicted molar refractivity (Wildman–Crippen MR) is 226 cm³/mol. The number of hydrogen-bond acceptors (Lipinski definition) is 6. The van der Waals surface area contributed by atoms with Crippen LogP contribution < -0.4 is 5.32 Å². The van der Waals surface area contributed by atoms with E-state index in [1.165, 1.54) is 16.0 Å². The topological polar surface area (TPSA) is 91.4 Å². The molecule has 3 fully saturated rings. The quantitative estimate of drug-likeness (QED) is 0.172. The summed E-state index contributed by atoms with van der Waals surface area (Å²) in [4.78, 5) is 44.7. The summed E-state index contributed by atoms with van der Waals surface area (Å²) in [5.41, 5.74) is -2.53. The number of nitrogens with zero attached hydrogens (tertiary/aromatic N) is 3. The van der Waals surface area contributed by atoms with Gasteiger partial charge < -0.3 is 29.5 Å². The van der Waals surface area contributed by atoms with E-state index >= 15 is 0 Å². The molecule has 3 aromatic carbocycles. The van der Waals surface area contributed by atoms with Gasteiger partial charge in [-0.3, -0.25) is 14.4 Å². The van der Waals surface area contributed by atoms with Crippen molar-refractivity contribution in [2.24, 2.45) is 0 Å². The van der Waals surface area contributed by atoms with Crippen molar-refractivity contribution in [3.05, 3.63) is 104 Å². The van der Waals surface area contributed by atoms with E-state index in [1.807, 2.05) is 12.1 Å². The van der Waals surface area contributed by atoms with Crippen molar-refractivity contribution in [2.75, 3.05) is 59.5 Å². The number of amides is 3. The van der Waals surface area contributed by atoms with E-state index in [1.54, 1.807) is 30.1 Å². The molecule has 2 heterocycles. The molecule has 1 saturated carbocycles. The molecule has 4 aliphatic rings. The molecule has 0 radical (unpaired) electrons. The van der Waals surface area contributed by atoms with E-state index in [4.69, 9.17) is 32.7 Å². The van der Waals surface area contributed by atoms with Gasteiger partial charge in [0.25, 0.3) is 5.91 Å². The summed E-state index contributed by atoms with van der Waals surface area (Å²) in [6.45, 7) is 1.83. The Hall–Kier alpha value is -3.89. The number of rotatable bonds is 13. The van der Waals surface area contributed by atoms with Crippen LogP contribution in [0.15, 0.2) is 60.7 Å². The zero-order chi connectivity index (χ0) is 45.2. The Morgan fingerprint density at radius 2 is 1.59 bits per heavy atom. The number of benzene rings is 3. The molecule has 3 aromatic rings. The molecular formula is C46H52Cl2F6N4O5. The van der Waals surface area contributed by atoms with Crippen LogP contribution in [-0.2, 0) is 48.9 Å². The lowest BCUT2D eigenvalue weighted by Crippen LogP contribution is -2.54. The molecule has 2 aliphatic heterocycles. The fraction of sp³-hybridized carbons (Fsp3) is 0.543. The third-order valence-corrected chi connectivity index (χ3v) is 14.1. The van der Waals surface area contributed by atoms with Gasteiger partial charge >= 0.3 is 12.4 Å². The molecular weight excluding hydrogens is 873 g/mol. The number of likely N-dealkylation sites (tertiary alicyclic amines) is 1. The van der Waals surface area contributed by atoms with Crippen molar-refractivity contribution in [3.63, 3.8) is 0 Å². The van der Waals surface area contributed by atoms with Crippen molar-refractivity contribution < 1.29 is 50.2 Å². The third kappa shape index (κ3) is 10.8. The maximum absolute atomic E-state index is 13.9. The molecule has 2 saturated heterocycles. The van der Waals surface area contributed by atoms with Crippen molar-refractivity contribution in [1.29, 1.82) is 0 Å². The number of carbonyl (C=O) groups excluding carboxylic acids is 3. The first-order valence-electron chi connectivity index (χ1n) is 21.5. The number of ether oxygens (including phenoxy) is 2. The highest BCUT2D eigenvalue weighted by molar-refractivity contribution is 6.42. The molecule has 7 rings (SSSR count). The second-order valence-corrected chi connectivity index (χ2v) is 18.2. The summed E-state index contributed by atoms with van der Waals surface area (Å²) in [5.74, 6) is -1.13. The van der Waals surface area contributed by atoms with E-state index in [-0.39, 0.29) is 71.8 Å². The van der Waals surface area contributed by atoms with Gasteiger partial charge in [0, 0.05) is 50.1 Å². The Bertz CT molecular complexity index is 2110. The minimum atomic E-state index is -5.12. The average Bonchev–Trinajstić information content (AvgIpc) is 3.88. The maximum Gasteiger partial charge on any atom is 0.416 e. The molecule has 17 heteroatoms. The average molecular weight is 926 g/mol. The van der Waals surface area contributed by atoms with Crippen LogP contribution >= 0.6 is 23.2 Å². The summed E-state index contributed by atoms with van der Waals surface area (Å²) >= 11 is 12.7. The highest BCUT2D eigenvalue weighted by atomic mass is 35.5. The van der Waals surface area contributed by atoms with Gasteiger partial charge in [0.15, 0.2) is 0 Å². The summed E-state index contributed by atoms with van der Waals surface area (Å²) in [7, 11) is 1.73. The zero-order valence-electron chi connectivity index (χ0n) is 35.1. The van der Waals surface area contributed by atoms with E-state index < -0.39 is 40.6 Å². The number of halogens is 8. The van der Waals surface area contributed by atoms with Crippen LogP contribution in [0.4, 0.5) is 26.3 Å². The molecule has 2 atom stereocenters. The molecule has 9 nitrogen and oxygen atoms in total. The Kier molecular flexibility index (Phi) is 14.4. The van der Waals surface area contributed by atoms with E-state index in [2.05, 4.69) is 22.3 Å². The highest BCUT2D eigenvalue weighted by Crippen LogP contribution is 2.48. The number of likely N-dealkylation sites (N-methyl/N-ethyl adjacent to an activating group) is 1. The molecule has 0 unspecified atom stereocenters. The third-order valence-electron chi connectivity index (χ3n) is 13.4. The van der Waals surface area contributed by atoms with Crippen molar-refractivity contribution in [3.8, 4) is 0 Å². The predicted octanol–water partition coefficient (Wildman–Crippen LogP) is 9.06. The number of piperidine rings is 1. The summed E-state index contributed by atoms with van der Waals surface area (Å²) < 4.78 is 95.5. The molecule has 342 valence electrons. The molecule has 2 aliphatic carbocycles. The number of carbonyl (C=O) groups is 3. The Labute approximate surface area is 373 Å². The lowest BCUT2D eigenvalue weighted by atomic mass is 9.72. The standard InChI is InChI=1S/C46H52Cl2F6N4O5/c1-56(17-6-11-40(59)55-35-8-3-4-9-35)41(60)28-62-39-25-30-7-2-5-10-36(30)43(39)14-18-57(19-15-43)20-16-44(32-12-13-37(47)38(48)27-32)29-58(21-22-63-44)42(61)31-23-33(45(49,50)51)26-34(24-31)46(52,53)54/h2,5,7,10,12-13,23-24,26-27,35,39H,3-4,6,8-9,11,14-22,25,28-29H2,1H3,(H,55,59)/t39-,44-/m0/s1. The van der Waals surface area contributed by atoms with E-state index in [0.29, 0.717) is 69.6 Å². The van der Waals surface area contributed by atoms with Gasteiger partial charge in [-0.2, -0.15) is 26.3 Å². The van der Waals surface area contributed by atoms with Crippen molar-refractivity contribution in [2.45, 2.75) is 99.7 Å². The van der Waals surface area contributed by atoms with Crippen LogP contribution in [-0.4, -0.2) is 104 Å². The number of fused-ring (bicyclic) bond motifs is 2. The number of alkyl halides is 6. The first kappa shape index (κ1) is 47.1. The zero-order valence-corrected chi connectivity index (χ0v) is 36.6. The molecule has 1 N–H and O–H groups in total. The first-order chi connectivity index (χ1) is 29.9. The number of morpholine rings is 1. The molecule has 0 bridgehead atoms. The number of nitrogens with one attached hydrogen (secondary N) is 1. The lowest BCUT2D eigenvalue weighted by Gasteiger charge is -2.46. The molecule has 1 spiro atoms. The van der Waals surface area contributed by atoms with Crippen LogP contribution in [0.5, 0.6) is 0 Å². The fourth-order valence-corrected chi connectivity index (χ4v) is 10.1. The van der Waals surface area contributed by atoms with Gasteiger partial charge in [-0.15, -0.1) is 0 Å². The van der Waals surface area contributed by atoms with E-state index in [0.717, 1.165) is 38.5 Å². The first-order valence-corrected chi connectivity index (χ1v) is 22.3. The Morgan fingerprint density at radius 1 is 0.905 bits per heavy atom. The maximum atomic E-state index is 13.9. The number of hydrogen-bond donors (Lipinski definition) is 1. The van der Waals surface area contributed by atoms with Gasteiger partial charge in [-0.25, -0.2) is 0 Å². The van der Waals surface area contributed by atoms with Gasteiger partial charge in [-0.1, -0.05) is 66.4 Å². The van der Waals surface area contributed by atoms with Gasteiger partial charge in [0.2, 0.25) is 11.8 Å².